The minimum atomic E-state index is -4.42. The lowest BCUT2D eigenvalue weighted by atomic mass is 9.93. The molecule has 0 saturated heterocycles. The summed E-state index contributed by atoms with van der Waals surface area (Å²) in [5, 5.41) is 17.6. The zero-order valence-electron chi connectivity index (χ0n) is 12.1. The summed E-state index contributed by atoms with van der Waals surface area (Å²) in [6.07, 6.45) is -2.77. The highest BCUT2D eigenvalue weighted by atomic mass is 19.4. The van der Waals surface area contributed by atoms with Crippen LogP contribution in [0.2, 0.25) is 0 Å². The van der Waals surface area contributed by atoms with Crippen LogP contribution >= 0.6 is 0 Å². The number of alkyl halides is 3. The van der Waals surface area contributed by atoms with Crippen molar-refractivity contribution in [1.82, 2.24) is 19.8 Å². The molecule has 0 unspecified atom stereocenters. The first-order chi connectivity index (χ1) is 10.9. The maximum atomic E-state index is 12.5. The van der Waals surface area contributed by atoms with Crippen molar-refractivity contribution in [3.05, 3.63) is 45.9 Å². The van der Waals surface area contributed by atoms with Crippen LogP contribution in [0, 0.1) is 0 Å². The summed E-state index contributed by atoms with van der Waals surface area (Å²) in [5.41, 5.74) is -0.926. The minimum absolute atomic E-state index is 0.0551. The van der Waals surface area contributed by atoms with Crippen molar-refractivity contribution in [2.45, 2.75) is 44.1 Å². The van der Waals surface area contributed by atoms with Gasteiger partial charge in [-0.2, -0.15) is 22.5 Å². The fourth-order valence-corrected chi connectivity index (χ4v) is 2.42. The monoisotopic (exact) mass is 328 g/mol. The Morgan fingerprint density at radius 1 is 1.22 bits per heavy atom. The van der Waals surface area contributed by atoms with Gasteiger partial charge in [0, 0.05) is 0 Å². The van der Waals surface area contributed by atoms with Crippen molar-refractivity contribution in [1.29, 1.82) is 0 Å². The molecule has 0 amide bonds. The summed E-state index contributed by atoms with van der Waals surface area (Å²) in [6, 6.07) is 4.22. The number of aliphatic hydroxyl groups is 1. The first-order valence-electron chi connectivity index (χ1n) is 7.24. The van der Waals surface area contributed by atoms with E-state index in [-0.39, 0.29) is 18.2 Å². The molecule has 1 heterocycles. The Bertz CT molecular complexity index is 732. The largest absolute Gasteiger partial charge is 0.416 e. The molecule has 1 fully saturated rings. The summed E-state index contributed by atoms with van der Waals surface area (Å²) in [7, 11) is 0. The van der Waals surface area contributed by atoms with Crippen LogP contribution in [0.25, 0.3) is 0 Å². The van der Waals surface area contributed by atoms with Gasteiger partial charge in [0.15, 0.2) is 0 Å². The molecule has 1 N–H and O–H groups in total. The molecule has 23 heavy (non-hydrogen) atoms. The van der Waals surface area contributed by atoms with Gasteiger partial charge in [-0.3, -0.25) is 0 Å². The molecule has 1 atom stereocenters. The predicted octanol–water partition coefficient (Wildman–Crippen LogP) is 1.92. The van der Waals surface area contributed by atoms with Crippen molar-refractivity contribution < 1.29 is 18.3 Å². The van der Waals surface area contributed by atoms with E-state index in [1.165, 1.54) is 16.8 Å². The highest BCUT2D eigenvalue weighted by molar-refractivity contribution is 5.25. The third kappa shape index (κ3) is 3.14. The Kier molecular flexibility index (Phi) is 3.97. The Hall–Kier alpha value is -2.16. The molecule has 0 bridgehead atoms. The van der Waals surface area contributed by atoms with Gasteiger partial charge < -0.3 is 5.11 Å². The molecule has 1 aliphatic rings. The third-order valence-corrected chi connectivity index (χ3v) is 4.05. The molecule has 3 rings (SSSR count). The number of rotatable bonds is 4. The van der Waals surface area contributed by atoms with Gasteiger partial charge in [0.05, 0.1) is 24.3 Å². The third-order valence-electron chi connectivity index (χ3n) is 4.05. The first kappa shape index (κ1) is 15.7. The normalized spacial score (nSPS) is 17.0. The van der Waals surface area contributed by atoms with Crippen molar-refractivity contribution in [3.8, 4) is 0 Å². The fraction of sp³-hybridized carbons (Fsp3) is 0.500. The molecular formula is C14H15F3N4O2. The van der Waals surface area contributed by atoms with Crippen LogP contribution in [0.5, 0.6) is 0 Å². The second-order valence-corrected chi connectivity index (χ2v) is 5.61. The smallest absolute Gasteiger partial charge is 0.386 e. The van der Waals surface area contributed by atoms with Crippen molar-refractivity contribution >= 4 is 0 Å². The van der Waals surface area contributed by atoms with E-state index in [1.807, 2.05) is 0 Å². The van der Waals surface area contributed by atoms with E-state index in [1.54, 1.807) is 0 Å². The molecule has 0 radical (unpaired) electrons. The van der Waals surface area contributed by atoms with Gasteiger partial charge >= 0.3 is 11.9 Å². The zero-order chi connectivity index (χ0) is 16.6. The van der Waals surface area contributed by atoms with E-state index in [0.29, 0.717) is 0 Å². The molecule has 1 aromatic heterocycles. The minimum Gasteiger partial charge on any atom is -0.386 e. The average molecular weight is 328 g/mol. The van der Waals surface area contributed by atoms with Crippen molar-refractivity contribution in [2.24, 2.45) is 0 Å². The zero-order valence-corrected chi connectivity index (χ0v) is 12.1. The molecule has 1 saturated carbocycles. The number of aliphatic hydroxyl groups excluding tert-OH is 1. The molecule has 1 aromatic carbocycles. The number of tetrazole rings is 1. The maximum absolute atomic E-state index is 12.5. The van der Waals surface area contributed by atoms with Crippen LogP contribution in [-0.4, -0.2) is 24.9 Å². The van der Waals surface area contributed by atoms with Gasteiger partial charge in [-0.1, -0.05) is 12.1 Å². The van der Waals surface area contributed by atoms with E-state index in [4.69, 9.17) is 0 Å². The van der Waals surface area contributed by atoms with Crippen LogP contribution in [0.4, 0.5) is 13.2 Å². The van der Waals surface area contributed by atoms with Crippen molar-refractivity contribution in [2.75, 3.05) is 0 Å². The lowest BCUT2D eigenvalue weighted by molar-refractivity contribution is -0.137. The van der Waals surface area contributed by atoms with Gasteiger partial charge in [-0.15, -0.1) is 0 Å². The van der Waals surface area contributed by atoms with E-state index in [2.05, 4.69) is 10.4 Å². The summed E-state index contributed by atoms with van der Waals surface area (Å²) < 4.78 is 39.8. The van der Waals surface area contributed by atoms with Crippen LogP contribution in [0.3, 0.4) is 0 Å². The quantitative estimate of drug-likeness (QED) is 0.931. The molecule has 1 aliphatic carbocycles. The number of hydrogen-bond acceptors (Lipinski definition) is 4. The molecule has 2 aromatic rings. The maximum Gasteiger partial charge on any atom is 0.416 e. The lowest BCUT2D eigenvalue weighted by Crippen LogP contribution is -2.32. The molecule has 124 valence electrons. The average Bonchev–Trinajstić information content (AvgIpc) is 2.78. The molecular weight excluding hydrogens is 313 g/mol. The Morgan fingerprint density at radius 2 is 1.87 bits per heavy atom. The molecule has 0 spiro atoms. The van der Waals surface area contributed by atoms with Gasteiger partial charge in [0.2, 0.25) is 0 Å². The number of aromatic nitrogens is 4. The van der Waals surface area contributed by atoms with Gasteiger partial charge in [0.1, 0.15) is 0 Å². The van der Waals surface area contributed by atoms with Gasteiger partial charge in [-0.05, 0) is 47.4 Å². The van der Waals surface area contributed by atoms with Crippen LogP contribution in [0.15, 0.2) is 29.1 Å². The molecule has 9 heteroatoms. The number of halogens is 3. The Balaban J connectivity index is 1.73. The van der Waals surface area contributed by atoms with Gasteiger partial charge in [-0.25, -0.2) is 4.79 Å². The highest BCUT2D eigenvalue weighted by Crippen LogP contribution is 2.30. The summed E-state index contributed by atoms with van der Waals surface area (Å²) in [5.74, 6) is 0. The number of benzene rings is 1. The van der Waals surface area contributed by atoms with Crippen LogP contribution in [0.1, 0.15) is 42.5 Å². The molecule has 6 nitrogen and oxygen atoms in total. The van der Waals surface area contributed by atoms with Gasteiger partial charge in [0.25, 0.3) is 0 Å². The number of hydrogen-bond donors (Lipinski definition) is 1. The Labute approximate surface area is 129 Å². The lowest BCUT2D eigenvalue weighted by Gasteiger charge is -2.23. The topological polar surface area (TPSA) is 72.9 Å². The summed E-state index contributed by atoms with van der Waals surface area (Å²) >= 11 is 0. The molecule has 0 aliphatic heterocycles. The van der Waals surface area contributed by atoms with E-state index < -0.39 is 23.5 Å². The Morgan fingerprint density at radius 3 is 2.39 bits per heavy atom. The van der Waals surface area contributed by atoms with Crippen LogP contribution in [-0.2, 0) is 12.7 Å². The fourth-order valence-electron chi connectivity index (χ4n) is 2.42. The standard InChI is InChI=1S/C14H15F3N4O2/c15-14(16,17)10-6-4-9(5-7-10)12(22)8-20-13(23)21(19-18-20)11-2-1-3-11/h4-7,11-12,22H,1-3,8H2/t12-/m1/s1. The second kappa shape index (κ2) is 5.80. The van der Waals surface area contributed by atoms with E-state index in [0.717, 1.165) is 36.1 Å². The second-order valence-electron chi connectivity index (χ2n) is 5.61. The SMILES string of the molecule is O=c1n(C[C@@H](O)c2ccc(C(F)(F)F)cc2)nnn1C1CCC1. The van der Waals surface area contributed by atoms with E-state index >= 15 is 0 Å². The predicted molar refractivity (Wildman–Crippen MR) is 73.6 cm³/mol. The number of nitrogens with zero attached hydrogens (tertiary/aromatic N) is 4. The first-order valence-corrected chi connectivity index (χ1v) is 7.24. The van der Waals surface area contributed by atoms with E-state index in [9.17, 15) is 23.1 Å². The van der Waals surface area contributed by atoms with Crippen LogP contribution < -0.4 is 5.69 Å². The van der Waals surface area contributed by atoms with Crippen molar-refractivity contribution in [3.63, 3.8) is 0 Å². The summed E-state index contributed by atoms with van der Waals surface area (Å²) in [4.78, 5) is 12.1. The summed E-state index contributed by atoms with van der Waals surface area (Å²) in [6.45, 7) is -0.156. The highest BCUT2D eigenvalue weighted by Gasteiger charge is 2.30.